The van der Waals surface area contributed by atoms with Crippen molar-refractivity contribution in [2.75, 3.05) is 18.6 Å². The van der Waals surface area contributed by atoms with Gasteiger partial charge in [-0.05, 0) is 45.2 Å². The van der Waals surface area contributed by atoms with Crippen molar-refractivity contribution in [3.63, 3.8) is 0 Å². The lowest BCUT2D eigenvalue weighted by Crippen LogP contribution is -2.14. The van der Waals surface area contributed by atoms with Gasteiger partial charge in [-0.25, -0.2) is 4.98 Å². The van der Waals surface area contributed by atoms with Crippen molar-refractivity contribution >= 4 is 23.1 Å². The highest BCUT2D eigenvalue weighted by atomic mass is 32.2. The van der Waals surface area contributed by atoms with Crippen molar-refractivity contribution in [3.05, 3.63) is 15.6 Å². The predicted octanol–water partition coefficient (Wildman–Crippen LogP) is 3.38. The maximum Gasteiger partial charge on any atom is 0.107 e. The molecule has 0 aliphatic heterocycles. The number of thiazole rings is 1. The average Bonchev–Trinajstić information content (AvgIpc) is 2.57. The number of nitrogens with zero attached hydrogens (tertiary/aromatic N) is 1. The first-order valence-electron chi connectivity index (χ1n) is 5.86. The van der Waals surface area contributed by atoms with E-state index in [1.54, 1.807) is 0 Å². The zero-order valence-electron chi connectivity index (χ0n) is 10.5. The Bertz CT molecular complexity index is 278. The monoisotopic (exact) mass is 258 g/mol. The van der Waals surface area contributed by atoms with Gasteiger partial charge in [0, 0.05) is 11.4 Å². The van der Waals surface area contributed by atoms with Gasteiger partial charge in [0.15, 0.2) is 0 Å². The second-order valence-electron chi connectivity index (χ2n) is 3.98. The fourth-order valence-corrected chi connectivity index (χ4v) is 2.88. The third kappa shape index (κ3) is 5.32. The summed E-state index contributed by atoms with van der Waals surface area (Å²) in [7, 11) is 0. The molecule has 0 saturated heterocycles. The number of thioether (sulfide) groups is 1. The topological polar surface area (TPSA) is 24.9 Å². The minimum atomic E-state index is 0.932. The molecule has 1 heterocycles. The molecule has 1 aromatic rings. The molecule has 92 valence electrons. The molecular weight excluding hydrogens is 236 g/mol. The quantitative estimate of drug-likeness (QED) is 0.724. The molecule has 2 nitrogen and oxygen atoms in total. The first-order valence-corrected chi connectivity index (χ1v) is 8.07. The maximum absolute atomic E-state index is 4.51. The molecule has 0 spiro atoms. The molecule has 1 aromatic heterocycles. The van der Waals surface area contributed by atoms with E-state index in [0.717, 1.165) is 13.1 Å². The number of unbranched alkanes of at least 4 members (excludes halogenated alkanes) is 2. The van der Waals surface area contributed by atoms with Gasteiger partial charge in [-0.3, -0.25) is 0 Å². The summed E-state index contributed by atoms with van der Waals surface area (Å²) >= 11 is 3.75. The first kappa shape index (κ1) is 14.0. The van der Waals surface area contributed by atoms with Crippen LogP contribution in [-0.4, -0.2) is 23.5 Å². The summed E-state index contributed by atoms with van der Waals surface area (Å²) in [5.41, 5.74) is 1.18. The van der Waals surface area contributed by atoms with Gasteiger partial charge in [0.05, 0.1) is 5.69 Å². The average molecular weight is 258 g/mol. The summed E-state index contributed by atoms with van der Waals surface area (Å²) in [5.74, 6) is 1.30. The van der Waals surface area contributed by atoms with Crippen LogP contribution in [0.15, 0.2) is 0 Å². The molecule has 0 unspecified atom stereocenters. The van der Waals surface area contributed by atoms with Gasteiger partial charge in [-0.15, -0.1) is 11.3 Å². The van der Waals surface area contributed by atoms with Crippen LogP contribution in [-0.2, 0) is 6.54 Å². The van der Waals surface area contributed by atoms with Crippen LogP contribution in [0.25, 0.3) is 0 Å². The third-order valence-corrected chi connectivity index (χ3v) is 4.32. The van der Waals surface area contributed by atoms with Gasteiger partial charge in [-0.2, -0.15) is 11.8 Å². The van der Waals surface area contributed by atoms with Gasteiger partial charge in [0.2, 0.25) is 0 Å². The van der Waals surface area contributed by atoms with E-state index in [4.69, 9.17) is 0 Å². The van der Waals surface area contributed by atoms with Crippen molar-refractivity contribution in [2.45, 2.75) is 39.7 Å². The van der Waals surface area contributed by atoms with E-state index in [0.29, 0.717) is 0 Å². The number of nitrogens with one attached hydrogen (secondary N) is 1. The van der Waals surface area contributed by atoms with E-state index in [9.17, 15) is 0 Å². The molecule has 0 aromatic carbocycles. The lowest BCUT2D eigenvalue weighted by atomic mass is 10.2. The number of rotatable bonds is 8. The minimum Gasteiger partial charge on any atom is -0.310 e. The van der Waals surface area contributed by atoms with E-state index < -0.39 is 0 Å². The van der Waals surface area contributed by atoms with Crippen molar-refractivity contribution < 1.29 is 0 Å². The van der Waals surface area contributed by atoms with Crippen LogP contribution in [0, 0.1) is 13.8 Å². The Morgan fingerprint density at radius 2 is 2.06 bits per heavy atom. The summed E-state index contributed by atoms with van der Waals surface area (Å²) in [6, 6.07) is 0. The third-order valence-electron chi connectivity index (χ3n) is 2.55. The molecule has 16 heavy (non-hydrogen) atoms. The van der Waals surface area contributed by atoms with Crippen LogP contribution in [0.5, 0.6) is 0 Å². The van der Waals surface area contributed by atoms with E-state index in [2.05, 4.69) is 30.4 Å². The first-order chi connectivity index (χ1) is 7.74. The molecule has 0 atom stereocenters. The normalized spacial score (nSPS) is 10.9. The molecule has 0 bridgehead atoms. The Morgan fingerprint density at radius 1 is 1.25 bits per heavy atom. The zero-order valence-corrected chi connectivity index (χ0v) is 12.1. The van der Waals surface area contributed by atoms with Crippen molar-refractivity contribution in [1.82, 2.24) is 10.3 Å². The minimum absolute atomic E-state index is 0.932. The van der Waals surface area contributed by atoms with Crippen LogP contribution in [0.2, 0.25) is 0 Å². The Kier molecular flexibility index (Phi) is 7.08. The molecule has 0 aliphatic rings. The fraction of sp³-hybridized carbons (Fsp3) is 0.750. The Hall–Kier alpha value is -0.0600. The smallest absolute Gasteiger partial charge is 0.107 e. The molecule has 0 radical (unpaired) electrons. The summed E-state index contributed by atoms with van der Waals surface area (Å²) in [6.07, 6.45) is 6.14. The summed E-state index contributed by atoms with van der Waals surface area (Å²) < 4.78 is 0. The molecular formula is C12H22N2S2. The lowest BCUT2D eigenvalue weighted by molar-refractivity contribution is 0.617. The summed E-state index contributed by atoms with van der Waals surface area (Å²) in [4.78, 5) is 5.85. The second kappa shape index (κ2) is 8.09. The van der Waals surface area contributed by atoms with Crippen LogP contribution < -0.4 is 5.32 Å². The Morgan fingerprint density at radius 3 is 2.69 bits per heavy atom. The zero-order chi connectivity index (χ0) is 11.8. The van der Waals surface area contributed by atoms with Crippen LogP contribution >= 0.6 is 23.1 Å². The van der Waals surface area contributed by atoms with Crippen LogP contribution in [0.3, 0.4) is 0 Å². The lowest BCUT2D eigenvalue weighted by Gasteiger charge is -2.02. The van der Waals surface area contributed by atoms with E-state index in [1.807, 2.05) is 23.1 Å². The Labute approximate surface area is 107 Å². The van der Waals surface area contributed by atoms with E-state index in [-0.39, 0.29) is 0 Å². The number of aryl methyl sites for hydroxylation is 2. The summed E-state index contributed by atoms with van der Waals surface area (Å²) in [6.45, 7) is 6.27. The number of aromatic nitrogens is 1. The molecule has 0 fully saturated rings. The van der Waals surface area contributed by atoms with Crippen molar-refractivity contribution in [1.29, 1.82) is 0 Å². The number of hydrogen-bond donors (Lipinski definition) is 1. The van der Waals surface area contributed by atoms with Gasteiger partial charge in [-0.1, -0.05) is 6.42 Å². The molecule has 0 saturated carbocycles. The predicted molar refractivity (Wildman–Crippen MR) is 75.5 cm³/mol. The Balaban J connectivity index is 2.03. The largest absolute Gasteiger partial charge is 0.310 e. The van der Waals surface area contributed by atoms with E-state index >= 15 is 0 Å². The van der Waals surface area contributed by atoms with Crippen molar-refractivity contribution in [3.8, 4) is 0 Å². The highest BCUT2D eigenvalue weighted by molar-refractivity contribution is 7.98. The maximum atomic E-state index is 4.51. The van der Waals surface area contributed by atoms with Crippen LogP contribution in [0.1, 0.15) is 34.8 Å². The van der Waals surface area contributed by atoms with Crippen LogP contribution in [0.4, 0.5) is 0 Å². The van der Waals surface area contributed by atoms with E-state index in [1.165, 1.54) is 40.6 Å². The van der Waals surface area contributed by atoms with Gasteiger partial charge >= 0.3 is 0 Å². The van der Waals surface area contributed by atoms with Crippen molar-refractivity contribution in [2.24, 2.45) is 0 Å². The molecule has 0 amide bonds. The standard InChI is InChI=1S/C12H22N2S2/c1-10-11(2)16-12(14-10)9-13-7-5-4-6-8-15-3/h13H,4-9H2,1-3H3. The molecule has 0 aliphatic carbocycles. The van der Waals surface area contributed by atoms with Gasteiger partial charge in [0.1, 0.15) is 5.01 Å². The highest BCUT2D eigenvalue weighted by Crippen LogP contribution is 2.15. The molecule has 4 heteroatoms. The van der Waals surface area contributed by atoms with Gasteiger partial charge < -0.3 is 5.32 Å². The highest BCUT2D eigenvalue weighted by Gasteiger charge is 2.02. The fourth-order valence-electron chi connectivity index (χ4n) is 1.48. The SMILES string of the molecule is CSCCCCCNCc1nc(C)c(C)s1. The van der Waals surface area contributed by atoms with Gasteiger partial charge in [0.25, 0.3) is 0 Å². The molecule has 1 N–H and O–H groups in total. The molecule has 1 rings (SSSR count). The second-order valence-corrected chi connectivity index (χ2v) is 6.25. The summed E-state index contributed by atoms with van der Waals surface area (Å²) in [5, 5.41) is 4.68. The number of hydrogen-bond acceptors (Lipinski definition) is 4.